The Morgan fingerprint density at radius 1 is 1.03 bits per heavy atom. The number of amides is 2. The lowest BCUT2D eigenvalue weighted by atomic mass is 10.2. The van der Waals surface area contributed by atoms with Gasteiger partial charge in [0.05, 0.1) is 12.9 Å². The second-order valence-corrected chi connectivity index (χ2v) is 7.33. The Bertz CT molecular complexity index is 923. The number of anilines is 1. The monoisotopic (exact) mass is 406 g/mol. The molecule has 0 radical (unpaired) electrons. The number of furan rings is 1. The van der Waals surface area contributed by atoms with Crippen LogP contribution in [0.2, 0.25) is 0 Å². The largest absolute Gasteiger partial charge is 0.467 e. The Morgan fingerprint density at radius 3 is 2.67 bits per heavy atom. The van der Waals surface area contributed by atoms with Crippen LogP contribution in [0.3, 0.4) is 0 Å². The van der Waals surface area contributed by atoms with Crippen molar-refractivity contribution >= 4 is 11.7 Å². The summed E-state index contributed by atoms with van der Waals surface area (Å²) in [6.07, 6.45) is 5.31. The molecule has 2 amide bonds. The van der Waals surface area contributed by atoms with Gasteiger partial charge in [0.25, 0.3) is 0 Å². The molecule has 0 saturated carbocycles. The molecule has 30 heavy (non-hydrogen) atoms. The van der Waals surface area contributed by atoms with E-state index in [1.54, 1.807) is 12.5 Å². The number of urea groups is 1. The Labute approximate surface area is 176 Å². The zero-order valence-electron chi connectivity index (χ0n) is 16.9. The molecule has 1 fully saturated rings. The van der Waals surface area contributed by atoms with Gasteiger partial charge in [-0.2, -0.15) is 0 Å². The summed E-state index contributed by atoms with van der Waals surface area (Å²) in [6, 6.07) is 15.4. The summed E-state index contributed by atoms with van der Waals surface area (Å²) in [7, 11) is 0. The second-order valence-electron chi connectivity index (χ2n) is 7.33. The Morgan fingerprint density at radius 2 is 1.90 bits per heavy atom. The molecule has 1 aliphatic heterocycles. The lowest BCUT2D eigenvalue weighted by molar-refractivity contribution is 0.0930. The highest BCUT2D eigenvalue weighted by atomic mass is 16.5. The van der Waals surface area contributed by atoms with Crippen LogP contribution in [0.4, 0.5) is 10.5 Å². The van der Waals surface area contributed by atoms with E-state index in [2.05, 4.69) is 21.3 Å². The SMILES string of the molecule is O=C(Nc1cccc(COCc2ccco2)c1)N1CCN(Cc2cccnc2)CC1. The van der Waals surface area contributed by atoms with Gasteiger partial charge in [0, 0.05) is 50.8 Å². The number of piperazine rings is 1. The number of hydrogen-bond acceptors (Lipinski definition) is 5. The molecule has 3 aromatic rings. The fourth-order valence-electron chi connectivity index (χ4n) is 3.46. The number of carbonyl (C=O) groups excluding carboxylic acids is 1. The predicted octanol–water partition coefficient (Wildman–Crippen LogP) is 3.74. The van der Waals surface area contributed by atoms with Gasteiger partial charge in [-0.15, -0.1) is 0 Å². The third-order valence-electron chi connectivity index (χ3n) is 5.06. The van der Waals surface area contributed by atoms with Gasteiger partial charge in [-0.1, -0.05) is 18.2 Å². The molecular formula is C23H26N4O3. The lowest BCUT2D eigenvalue weighted by Gasteiger charge is -2.34. The molecule has 7 heteroatoms. The first kappa shape index (κ1) is 20.1. The number of carbonyl (C=O) groups is 1. The predicted molar refractivity (Wildman–Crippen MR) is 114 cm³/mol. The first-order valence-electron chi connectivity index (χ1n) is 10.1. The smallest absolute Gasteiger partial charge is 0.321 e. The van der Waals surface area contributed by atoms with Gasteiger partial charge in [-0.25, -0.2) is 4.79 Å². The summed E-state index contributed by atoms with van der Waals surface area (Å²) in [5, 5.41) is 3.00. The minimum absolute atomic E-state index is 0.0651. The molecule has 156 valence electrons. The average molecular weight is 406 g/mol. The van der Waals surface area contributed by atoms with E-state index in [-0.39, 0.29) is 6.03 Å². The zero-order valence-corrected chi connectivity index (χ0v) is 16.9. The number of aromatic nitrogens is 1. The maximum atomic E-state index is 12.7. The molecule has 0 spiro atoms. The molecule has 2 aromatic heterocycles. The molecule has 3 heterocycles. The first-order chi connectivity index (χ1) is 14.8. The summed E-state index contributed by atoms with van der Waals surface area (Å²) < 4.78 is 10.9. The Balaban J connectivity index is 1.23. The minimum Gasteiger partial charge on any atom is -0.467 e. The van der Waals surface area contributed by atoms with Crippen LogP contribution in [0.15, 0.2) is 71.6 Å². The number of nitrogens with one attached hydrogen (secondary N) is 1. The van der Waals surface area contributed by atoms with E-state index in [0.29, 0.717) is 26.3 Å². The normalized spacial score (nSPS) is 14.6. The molecule has 7 nitrogen and oxygen atoms in total. The summed E-state index contributed by atoms with van der Waals surface area (Å²) in [5.74, 6) is 0.794. The van der Waals surface area contributed by atoms with Crippen molar-refractivity contribution in [2.75, 3.05) is 31.5 Å². The fourth-order valence-corrected chi connectivity index (χ4v) is 3.46. The van der Waals surface area contributed by atoms with E-state index in [0.717, 1.165) is 36.6 Å². The van der Waals surface area contributed by atoms with Crippen LogP contribution in [-0.2, 0) is 24.5 Å². The summed E-state index contributed by atoms with van der Waals surface area (Å²) in [4.78, 5) is 21.0. The van der Waals surface area contributed by atoms with Crippen molar-refractivity contribution in [3.05, 3.63) is 84.1 Å². The standard InChI is InChI=1S/C23H26N4O3/c28-23(27-11-9-26(10-12-27)16-20-5-2-8-24-15-20)25-21-6-1-4-19(14-21)17-29-18-22-7-3-13-30-22/h1-8,13-15H,9-12,16-18H2,(H,25,28). The highest BCUT2D eigenvalue weighted by Gasteiger charge is 2.21. The molecule has 0 aliphatic carbocycles. The van der Waals surface area contributed by atoms with Crippen LogP contribution < -0.4 is 5.32 Å². The van der Waals surface area contributed by atoms with Crippen LogP contribution in [0.5, 0.6) is 0 Å². The van der Waals surface area contributed by atoms with Gasteiger partial charge >= 0.3 is 6.03 Å². The second kappa shape index (κ2) is 10.0. The third-order valence-corrected chi connectivity index (χ3v) is 5.06. The van der Waals surface area contributed by atoms with E-state index < -0.39 is 0 Å². The van der Waals surface area contributed by atoms with Gasteiger partial charge < -0.3 is 19.4 Å². The topological polar surface area (TPSA) is 70.8 Å². The first-order valence-corrected chi connectivity index (χ1v) is 10.1. The van der Waals surface area contributed by atoms with Crippen molar-refractivity contribution in [1.29, 1.82) is 0 Å². The molecule has 1 aliphatic rings. The van der Waals surface area contributed by atoms with Crippen molar-refractivity contribution < 1.29 is 13.9 Å². The maximum absolute atomic E-state index is 12.7. The van der Waals surface area contributed by atoms with Gasteiger partial charge in [-0.05, 0) is 41.5 Å². The molecule has 4 rings (SSSR count). The number of rotatable bonds is 7. The number of benzene rings is 1. The van der Waals surface area contributed by atoms with E-state index in [9.17, 15) is 4.79 Å². The maximum Gasteiger partial charge on any atom is 0.321 e. The van der Waals surface area contributed by atoms with Crippen molar-refractivity contribution in [1.82, 2.24) is 14.8 Å². The van der Waals surface area contributed by atoms with Gasteiger partial charge in [0.1, 0.15) is 12.4 Å². The van der Waals surface area contributed by atoms with Crippen LogP contribution in [-0.4, -0.2) is 47.0 Å². The summed E-state index contributed by atoms with van der Waals surface area (Å²) in [6.45, 7) is 4.86. The molecule has 0 bridgehead atoms. The molecule has 0 atom stereocenters. The molecule has 1 saturated heterocycles. The van der Waals surface area contributed by atoms with Crippen molar-refractivity contribution in [3.8, 4) is 0 Å². The summed E-state index contributed by atoms with van der Waals surface area (Å²) >= 11 is 0. The van der Waals surface area contributed by atoms with Crippen LogP contribution >= 0.6 is 0 Å². The van der Waals surface area contributed by atoms with Gasteiger partial charge in [-0.3, -0.25) is 9.88 Å². The Kier molecular flexibility index (Phi) is 6.74. The molecular weight excluding hydrogens is 380 g/mol. The molecule has 1 N–H and O–H groups in total. The van der Waals surface area contributed by atoms with Crippen LogP contribution in [0.25, 0.3) is 0 Å². The number of pyridine rings is 1. The van der Waals surface area contributed by atoms with Crippen LogP contribution in [0, 0.1) is 0 Å². The average Bonchev–Trinajstić information content (AvgIpc) is 3.29. The zero-order chi connectivity index (χ0) is 20.6. The summed E-state index contributed by atoms with van der Waals surface area (Å²) in [5.41, 5.74) is 2.97. The highest BCUT2D eigenvalue weighted by Crippen LogP contribution is 2.15. The van der Waals surface area contributed by atoms with Crippen molar-refractivity contribution in [2.45, 2.75) is 19.8 Å². The molecule has 0 unspecified atom stereocenters. The lowest BCUT2D eigenvalue weighted by Crippen LogP contribution is -2.49. The number of ether oxygens (including phenoxy) is 1. The quantitative estimate of drug-likeness (QED) is 0.647. The van der Waals surface area contributed by atoms with Gasteiger partial charge in [0.15, 0.2) is 0 Å². The Hall–Kier alpha value is -3.16. The minimum atomic E-state index is -0.0651. The van der Waals surface area contributed by atoms with Gasteiger partial charge in [0.2, 0.25) is 0 Å². The van der Waals surface area contributed by atoms with E-state index in [1.165, 1.54) is 5.56 Å². The fraction of sp³-hybridized carbons (Fsp3) is 0.304. The number of nitrogens with zero attached hydrogens (tertiary/aromatic N) is 3. The van der Waals surface area contributed by atoms with E-state index in [1.807, 2.05) is 53.6 Å². The third kappa shape index (κ3) is 5.68. The van der Waals surface area contributed by atoms with E-state index in [4.69, 9.17) is 9.15 Å². The number of hydrogen-bond donors (Lipinski definition) is 1. The molecule has 1 aromatic carbocycles. The van der Waals surface area contributed by atoms with E-state index >= 15 is 0 Å². The van der Waals surface area contributed by atoms with Crippen molar-refractivity contribution in [2.24, 2.45) is 0 Å². The van der Waals surface area contributed by atoms with Crippen LogP contribution in [0.1, 0.15) is 16.9 Å². The highest BCUT2D eigenvalue weighted by molar-refractivity contribution is 5.89. The van der Waals surface area contributed by atoms with Crippen molar-refractivity contribution in [3.63, 3.8) is 0 Å².